The van der Waals surface area contributed by atoms with Gasteiger partial charge < -0.3 is 0 Å². The van der Waals surface area contributed by atoms with Crippen molar-refractivity contribution in [2.45, 2.75) is 13.8 Å². The van der Waals surface area contributed by atoms with Crippen LogP contribution in [0.15, 0.2) is 71.6 Å². The van der Waals surface area contributed by atoms with Crippen LogP contribution in [0.2, 0.25) is 0 Å². The van der Waals surface area contributed by atoms with Crippen molar-refractivity contribution >= 4 is 11.8 Å². The van der Waals surface area contributed by atoms with Gasteiger partial charge in [0, 0.05) is 9.81 Å². The smallest absolute Gasteiger partial charge is 0.0116 e. The molecule has 0 nitrogen and oxygen atoms in total. The molecule has 0 aromatic heterocycles. The Labute approximate surface area is 97.5 Å². The quantitative estimate of drug-likeness (QED) is 0.565. The second kappa shape index (κ2) is 9.35. The molecule has 0 radical (unpaired) electrons. The first-order valence-corrected chi connectivity index (χ1v) is 5.68. The van der Waals surface area contributed by atoms with Crippen molar-refractivity contribution in [1.82, 2.24) is 0 Å². The van der Waals surface area contributed by atoms with E-state index in [-0.39, 0.29) is 0 Å². The molecule has 0 spiro atoms. The number of allylic oxidation sites excluding steroid dienone is 8. The number of rotatable bonds is 6. The van der Waals surface area contributed by atoms with Crippen molar-refractivity contribution in [2.24, 2.45) is 0 Å². The van der Waals surface area contributed by atoms with E-state index in [1.54, 1.807) is 17.8 Å². The predicted octanol–water partition coefficient (Wildman–Crippen LogP) is 5.01. The number of hydrogen-bond acceptors (Lipinski definition) is 1. The standard InChI is InChI=1S/C14H18S/c1-5-9-10-12-14(8-4)15-13(7-3)11-6-2/h5-12H,2-3H2,1,4H3/b9-5-,12-10-,13-11+,14-8+. The van der Waals surface area contributed by atoms with Crippen molar-refractivity contribution in [1.29, 1.82) is 0 Å². The van der Waals surface area contributed by atoms with Crippen LogP contribution in [0.1, 0.15) is 13.8 Å². The van der Waals surface area contributed by atoms with E-state index >= 15 is 0 Å². The van der Waals surface area contributed by atoms with Crippen LogP contribution in [-0.4, -0.2) is 0 Å². The van der Waals surface area contributed by atoms with Crippen LogP contribution in [-0.2, 0) is 0 Å². The Hall–Kier alpha value is -1.21. The van der Waals surface area contributed by atoms with Crippen LogP contribution >= 0.6 is 11.8 Å². The first kappa shape index (κ1) is 13.8. The molecule has 0 N–H and O–H groups in total. The lowest BCUT2D eigenvalue weighted by molar-refractivity contribution is 1.68. The van der Waals surface area contributed by atoms with Gasteiger partial charge in [-0.1, -0.05) is 61.4 Å². The van der Waals surface area contributed by atoms with Gasteiger partial charge in [-0.25, -0.2) is 0 Å². The molecule has 0 saturated carbocycles. The van der Waals surface area contributed by atoms with Crippen LogP contribution in [0, 0.1) is 0 Å². The van der Waals surface area contributed by atoms with Crippen LogP contribution in [0.3, 0.4) is 0 Å². The highest BCUT2D eigenvalue weighted by Gasteiger charge is 1.94. The van der Waals surface area contributed by atoms with Gasteiger partial charge in [0.2, 0.25) is 0 Å². The molecule has 0 amide bonds. The Bertz CT molecular complexity index is 314. The summed E-state index contributed by atoms with van der Waals surface area (Å²) < 4.78 is 0. The molecule has 1 heteroatoms. The number of thioether (sulfide) groups is 1. The maximum atomic E-state index is 3.76. The molecule has 0 fully saturated rings. The molecule has 0 saturated heterocycles. The highest BCUT2D eigenvalue weighted by atomic mass is 32.2. The molecule has 0 aromatic carbocycles. The molecule has 0 heterocycles. The summed E-state index contributed by atoms with van der Waals surface area (Å²) in [7, 11) is 0. The fraction of sp³-hybridized carbons (Fsp3) is 0.143. The highest BCUT2D eigenvalue weighted by molar-refractivity contribution is 8.07. The molecule has 15 heavy (non-hydrogen) atoms. The van der Waals surface area contributed by atoms with Crippen molar-refractivity contribution in [2.75, 3.05) is 0 Å². The summed E-state index contributed by atoms with van der Waals surface area (Å²) in [4.78, 5) is 2.30. The highest BCUT2D eigenvalue weighted by Crippen LogP contribution is 2.26. The maximum absolute atomic E-state index is 3.76. The fourth-order valence-corrected chi connectivity index (χ4v) is 1.63. The van der Waals surface area contributed by atoms with Gasteiger partial charge in [-0.15, -0.1) is 0 Å². The summed E-state index contributed by atoms with van der Waals surface area (Å²) in [6, 6.07) is 0. The fourth-order valence-electron chi connectivity index (χ4n) is 0.847. The Morgan fingerprint density at radius 2 is 1.80 bits per heavy atom. The SMILES string of the molecule is C=C/C=C(\C=C)SC(/C=C\C=C/C)=C/C. The molecule has 0 aliphatic heterocycles. The van der Waals surface area contributed by atoms with E-state index in [1.807, 2.05) is 44.2 Å². The van der Waals surface area contributed by atoms with Gasteiger partial charge in [0.05, 0.1) is 0 Å². The van der Waals surface area contributed by atoms with Crippen molar-refractivity contribution < 1.29 is 0 Å². The predicted molar refractivity (Wildman–Crippen MR) is 73.8 cm³/mol. The van der Waals surface area contributed by atoms with Crippen LogP contribution < -0.4 is 0 Å². The van der Waals surface area contributed by atoms with E-state index in [9.17, 15) is 0 Å². The lowest BCUT2D eigenvalue weighted by Gasteiger charge is -2.01. The van der Waals surface area contributed by atoms with Gasteiger partial charge in [0.15, 0.2) is 0 Å². The van der Waals surface area contributed by atoms with Crippen molar-refractivity contribution in [3.8, 4) is 0 Å². The molecule has 0 bridgehead atoms. The molecular weight excluding hydrogens is 200 g/mol. The van der Waals surface area contributed by atoms with Gasteiger partial charge in [0.1, 0.15) is 0 Å². The minimum atomic E-state index is 1.10. The minimum absolute atomic E-state index is 1.10. The average Bonchev–Trinajstić information content (AvgIpc) is 2.26. The Morgan fingerprint density at radius 3 is 2.27 bits per heavy atom. The molecule has 0 unspecified atom stereocenters. The second-order valence-corrected chi connectivity index (χ2v) is 3.83. The summed E-state index contributed by atoms with van der Waals surface area (Å²) in [5, 5.41) is 0. The zero-order valence-electron chi connectivity index (χ0n) is 9.44. The molecule has 0 atom stereocenters. The third-order valence-electron chi connectivity index (χ3n) is 1.57. The Morgan fingerprint density at radius 1 is 1.07 bits per heavy atom. The van der Waals surface area contributed by atoms with E-state index in [0.717, 1.165) is 4.91 Å². The van der Waals surface area contributed by atoms with Crippen LogP contribution in [0.25, 0.3) is 0 Å². The second-order valence-electron chi connectivity index (χ2n) is 2.69. The van der Waals surface area contributed by atoms with E-state index in [0.29, 0.717) is 0 Å². The van der Waals surface area contributed by atoms with Crippen molar-refractivity contribution in [3.05, 3.63) is 71.6 Å². The number of hydrogen-bond donors (Lipinski definition) is 0. The van der Waals surface area contributed by atoms with E-state index < -0.39 is 0 Å². The van der Waals surface area contributed by atoms with E-state index in [2.05, 4.69) is 25.3 Å². The Balaban J connectivity index is 4.52. The summed E-state index contributed by atoms with van der Waals surface area (Å²) in [5.74, 6) is 0. The van der Waals surface area contributed by atoms with Gasteiger partial charge in [-0.2, -0.15) is 0 Å². The summed E-state index contributed by atoms with van der Waals surface area (Å²) in [6.45, 7) is 11.5. The minimum Gasteiger partial charge on any atom is -0.0990 e. The maximum Gasteiger partial charge on any atom is 0.0116 e. The topological polar surface area (TPSA) is 0 Å². The van der Waals surface area contributed by atoms with Gasteiger partial charge in [0.25, 0.3) is 0 Å². The van der Waals surface area contributed by atoms with Gasteiger partial charge in [-0.3, -0.25) is 0 Å². The normalized spacial score (nSPS) is 13.7. The van der Waals surface area contributed by atoms with Crippen molar-refractivity contribution in [3.63, 3.8) is 0 Å². The summed E-state index contributed by atoms with van der Waals surface area (Å²) in [5.41, 5.74) is 0. The van der Waals surface area contributed by atoms with Gasteiger partial charge in [-0.05, 0) is 26.0 Å². The molecule has 0 aromatic rings. The van der Waals surface area contributed by atoms with E-state index in [4.69, 9.17) is 0 Å². The molecular formula is C14H18S. The molecule has 0 aliphatic carbocycles. The monoisotopic (exact) mass is 218 g/mol. The third-order valence-corrected chi connectivity index (χ3v) is 2.71. The molecule has 0 rings (SSSR count). The zero-order chi connectivity index (χ0) is 11.5. The molecule has 0 aliphatic rings. The van der Waals surface area contributed by atoms with E-state index in [1.165, 1.54) is 4.91 Å². The first-order valence-electron chi connectivity index (χ1n) is 4.87. The molecule has 80 valence electrons. The first-order chi connectivity index (χ1) is 7.28. The largest absolute Gasteiger partial charge is 0.0990 e. The average molecular weight is 218 g/mol. The third kappa shape index (κ3) is 6.81. The zero-order valence-corrected chi connectivity index (χ0v) is 10.3. The van der Waals surface area contributed by atoms with Gasteiger partial charge >= 0.3 is 0 Å². The lowest BCUT2D eigenvalue weighted by atomic mass is 10.4. The lowest BCUT2D eigenvalue weighted by Crippen LogP contribution is -1.72. The van der Waals surface area contributed by atoms with Crippen LogP contribution in [0.4, 0.5) is 0 Å². The summed E-state index contributed by atoms with van der Waals surface area (Å²) >= 11 is 1.68. The summed E-state index contributed by atoms with van der Waals surface area (Å²) in [6.07, 6.45) is 15.7. The van der Waals surface area contributed by atoms with Crippen LogP contribution in [0.5, 0.6) is 0 Å². The Kier molecular flexibility index (Phi) is 8.59.